The van der Waals surface area contributed by atoms with Gasteiger partial charge in [-0.2, -0.15) is 0 Å². The predicted octanol–water partition coefficient (Wildman–Crippen LogP) is 4.74. The number of rotatable bonds is 3. The molecule has 1 aliphatic rings. The predicted molar refractivity (Wildman–Crippen MR) is 64.3 cm³/mol. The molecular formula is C14H28. The summed E-state index contributed by atoms with van der Waals surface area (Å²) in [6.07, 6.45) is 5.77. The van der Waals surface area contributed by atoms with Gasteiger partial charge in [-0.05, 0) is 42.4 Å². The summed E-state index contributed by atoms with van der Waals surface area (Å²) in [5.41, 5.74) is 0. The molecular weight excluding hydrogens is 168 g/mol. The van der Waals surface area contributed by atoms with Crippen LogP contribution in [0.2, 0.25) is 0 Å². The summed E-state index contributed by atoms with van der Waals surface area (Å²) in [6.45, 7) is 12.0. The third kappa shape index (κ3) is 2.52. The van der Waals surface area contributed by atoms with Crippen molar-refractivity contribution in [3.05, 3.63) is 0 Å². The molecule has 0 heterocycles. The molecule has 0 amide bonds. The quantitative estimate of drug-likeness (QED) is 0.611. The lowest BCUT2D eigenvalue weighted by molar-refractivity contribution is 0.0863. The summed E-state index contributed by atoms with van der Waals surface area (Å²) in [7, 11) is 0. The first kappa shape index (κ1) is 12.1. The summed E-state index contributed by atoms with van der Waals surface area (Å²) in [4.78, 5) is 0. The molecule has 0 radical (unpaired) electrons. The van der Waals surface area contributed by atoms with Crippen LogP contribution in [-0.4, -0.2) is 0 Å². The van der Waals surface area contributed by atoms with E-state index in [2.05, 4.69) is 34.6 Å². The fraction of sp³-hybridized carbons (Fsp3) is 1.00. The summed E-state index contributed by atoms with van der Waals surface area (Å²) < 4.78 is 0. The molecule has 1 rings (SSSR count). The minimum absolute atomic E-state index is 0.886. The van der Waals surface area contributed by atoms with Gasteiger partial charge in [-0.1, -0.05) is 47.5 Å². The Morgan fingerprint density at radius 3 is 1.93 bits per heavy atom. The Balaban J connectivity index is 2.61. The normalized spacial score (nSPS) is 39.0. The van der Waals surface area contributed by atoms with Crippen LogP contribution in [0, 0.1) is 29.6 Å². The smallest absolute Gasteiger partial charge is 0.0362 e. The van der Waals surface area contributed by atoms with Gasteiger partial charge in [0, 0.05) is 0 Å². The van der Waals surface area contributed by atoms with Crippen molar-refractivity contribution in [3.63, 3.8) is 0 Å². The maximum absolute atomic E-state index is 2.47. The third-order valence-corrected chi connectivity index (χ3v) is 4.55. The van der Waals surface area contributed by atoms with Gasteiger partial charge in [-0.15, -0.1) is 0 Å². The molecule has 0 aromatic carbocycles. The molecule has 0 N–H and O–H groups in total. The van der Waals surface area contributed by atoms with Crippen LogP contribution in [0.5, 0.6) is 0 Å². The molecule has 0 nitrogen and oxygen atoms in total. The van der Waals surface area contributed by atoms with Crippen LogP contribution in [0.4, 0.5) is 0 Å². The van der Waals surface area contributed by atoms with Crippen LogP contribution in [0.25, 0.3) is 0 Å². The fourth-order valence-corrected chi connectivity index (χ4v) is 3.55. The van der Waals surface area contributed by atoms with Crippen LogP contribution >= 0.6 is 0 Å². The van der Waals surface area contributed by atoms with E-state index in [9.17, 15) is 0 Å². The first-order chi connectivity index (χ1) is 6.60. The molecule has 0 bridgehead atoms. The zero-order valence-electron chi connectivity index (χ0n) is 10.7. The molecule has 4 unspecified atom stereocenters. The molecule has 1 saturated carbocycles. The summed E-state index contributed by atoms with van der Waals surface area (Å²) in [5.74, 6) is 4.87. The average Bonchev–Trinajstić information content (AvgIpc) is 2.16. The Morgan fingerprint density at radius 1 is 1.00 bits per heavy atom. The second kappa shape index (κ2) is 5.19. The summed E-state index contributed by atoms with van der Waals surface area (Å²) in [5, 5.41) is 0. The van der Waals surface area contributed by atoms with E-state index in [1.165, 1.54) is 25.7 Å². The van der Waals surface area contributed by atoms with Gasteiger partial charge in [0.05, 0.1) is 0 Å². The van der Waals surface area contributed by atoms with Gasteiger partial charge in [0.15, 0.2) is 0 Å². The summed E-state index contributed by atoms with van der Waals surface area (Å²) >= 11 is 0. The van der Waals surface area contributed by atoms with E-state index >= 15 is 0 Å². The average molecular weight is 196 g/mol. The lowest BCUT2D eigenvalue weighted by Gasteiger charge is -2.41. The Labute approximate surface area is 90.5 Å². The molecule has 0 aromatic heterocycles. The van der Waals surface area contributed by atoms with Crippen LogP contribution in [-0.2, 0) is 0 Å². The molecule has 0 spiro atoms. The standard InChI is InChI=1S/C14H28/c1-6-12-8-11(5)14(10(3)4)9-13(12)7-2/h10-14H,6-9H2,1-5H3. The van der Waals surface area contributed by atoms with Gasteiger partial charge < -0.3 is 0 Å². The van der Waals surface area contributed by atoms with Gasteiger partial charge in [-0.3, -0.25) is 0 Å². The van der Waals surface area contributed by atoms with Gasteiger partial charge in [0.25, 0.3) is 0 Å². The van der Waals surface area contributed by atoms with Crippen molar-refractivity contribution >= 4 is 0 Å². The van der Waals surface area contributed by atoms with E-state index in [1.807, 2.05) is 0 Å². The molecule has 4 atom stereocenters. The minimum atomic E-state index is 0.886. The van der Waals surface area contributed by atoms with Gasteiger partial charge in [0.1, 0.15) is 0 Å². The molecule has 0 aromatic rings. The highest BCUT2D eigenvalue weighted by Gasteiger charge is 2.34. The second-order valence-corrected chi connectivity index (χ2v) is 5.69. The van der Waals surface area contributed by atoms with E-state index in [-0.39, 0.29) is 0 Å². The van der Waals surface area contributed by atoms with Crippen molar-refractivity contribution < 1.29 is 0 Å². The van der Waals surface area contributed by atoms with E-state index in [0.717, 1.165) is 29.6 Å². The molecule has 0 aliphatic heterocycles. The maximum Gasteiger partial charge on any atom is -0.0362 e. The lowest BCUT2D eigenvalue weighted by Crippen LogP contribution is -2.32. The topological polar surface area (TPSA) is 0 Å². The Bertz CT molecular complexity index is 159. The van der Waals surface area contributed by atoms with Gasteiger partial charge in [0.2, 0.25) is 0 Å². The van der Waals surface area contributed by atoms with E-state index in [1.54, 1.807) is 0 Å². The van der Waals surface area contributed by atoms with Crippen LogP contribution in [0.15, 0.2) is 0 Å². The molecule has 84 valence electrons. The Hall–Kier alpha value is 0. The SMILES string of the molecule is CCC1CC(C)C(C(C)C)CC1CC. The van der Waals surface area contributed by atoms with Crippen molar-refractivity contribution in [2.75, 3.05) is 0 Å². The van der Waals surface area contributed by atoms with E-state index in [0.29, 0.717) is 0 Å². The Kier molecular flexibility index (Phi) is 4.47. The first-order valence-electron chi connectivity index (χ1n) is 6.60. The highest BCUT2D eigenvalue weighted by molar-refractivity contribution is 4.84. The highest BCUT2D eigenvalue weighted by Crippen LogP contribution is 2.43. The zero-order chi connectivity index (χ0) is 10.7. The number of hydrogen-bond acceptors (Lipinski definition) is 0. The molecule has 14 heavy (non-hydrogen) atoms. The molecule has 0 heteroatoms. The second-order valence-electron chi connectivity index (χ2n) is 5.69. The van der Waals surface area contributed by atoms with Crippen molar-refractivity contribution in [1.82, 2.24) is 0 Å². The molecule has 1 fully saturated rings. The first-order valence-corrected chi connectivity index (χ1v) is 6.60. The van der Waals surface area contributed by atoms with Crippen molar-refractivity contribution in [1.29, 1.82) is 0 Å². The van der Waals surface area contributed by atoms with Gasteiger partial charge in [-0.25, -0.2) is 0 Å². The summed E-state index contributed by atoms with van der Waals surface area (Å²) in [6, 6.07) is 0. The lowest BCUT2D eigenvalue weighted by atomic mass is 9.64. The van der Waals surface area contributed by atoms with E-state index in [4.69, 9.17) is 0 Å². The molecule has 0 saturated heterocycles. The molecule has 1 aliphatic carbocycles. The van der Waals surface area contributed by atoms with Crippen molar-refractivity contribution in [2.45, 2.75) is 60.3 Å². The van der Waals surface area contributed by atoms with Crippen molar-refractivity contribution in [3.8, 4) is 0 Å². The maximum atomic E-state index is 2.47. The van der Waals surface area contributed by atoms with Crippen LogP contribution in [0.3, 0.4) is 0 Å². The van der Waals surface area contributed by atoms with Crippen molar-refractivity contribution in [2.24, 2.45) is 29.6 Å². The largest absolute Gasteiger partial charge is 0.0651 e. The number of hydrogen-bond donors (Lipinski definition) is 0. The third-order valence-electron chi connectivity index (χ3n) is 4.55. The monoisotopic (exact) mass is 196 g/mol. The fourth-order valence-electron chi connectivity index (χ4n) is 3.55. The van der Waals surface area contributed by atoms with E-state index < -0.39 is 0 Å². The zero-order valence-corrected chi connectivity index (χ0v) is 10.7. The van der Waals surface area contributed by atoms with Gasteiger partial charge >= 0.3 is 0 Å². The highest BCUT2D eigenvalue weighted by atomic mass is 14.4. The van der Waals surface area contributed by atoms with Crippen LogP contribution in [0.1, 0.15) is 60.3 Å². The minimum Gasteiger partial charge on any atom is -0.0651 e. The van der Waals surface area contributed by atoms with Crippen LogP contribution < -0.4 is 0 Å². The Morgan fingerprint density at radius 2 is 1.50 bits per heavy atom.